The Hall–Kier alpha value is -2.93. The minimum absolute atomic E-state index is 0.0174. The summed E-state index contributed by atoms with van der Waals surface area (Å²) in [7, 11) is 0. The van der Waals surface area contributed by atoms with E-state index in [1.54, 1.807) is 31.4 Å². The van der Waals surface area contributed by atoms with Gasteiger partial charge in [0.25, 0.3) is 0 Å². The highest BCUT2D eigenvalue weighted by Gasteiger charge is 2.26. The first kappa shape index (κ1) is 19.4. The molecular formula is C22H24FN3O3. The predicted molar refractivity (Wildman–Crippen MR) is 106 cm³/mol. The molecule has 0 spiro atoms. The number of hydrogen-bond acceptors (Lipinski definition) is 5. The Morgan fingerprint density at radius 3 is 2.76 bits per heavy atom. The van der Waals surface area contributed by atoms with Crippen LogP contribution >= 0.6 is 0 Å². The van der Waals surface area contributed by atoms with Crippen LogP contribution in [-0.4, -0.2) is 35.4 Å². The zero-order chi connectivity index (χ0) is 20.2. The molecule has 3 aromatic rings. The summed E-state index contributed by atoms with van der Waals surface area (Å²) in [6.45, 7) is 4.19. The summed E-state index contributed by atoms with van der Waals surface area (Å²) in [6.07, 6.45) is 4.04. The first-order valence-corrected chi connectivity index (χ1v) is 9.87. The van der Waals surface area contributed by atoms with Crippen LogP contribution in [0.4, 0.5) is 4.39 Å². The number of nitrogens with zero attached hydrogens (tertiary/aromatic N) is 2. The quantitative estimate of drug-likeness (QED) is 0.655. The van der Waals surface area contributed by atoms with Crippen LogP contribution in [0.25, 0.3) is 11.5 Å². The summed E-state index contributed by atoms with van der Waals surface area (Å²) in [5, 5.41) is 2.99. The molecule has 2 aromatic heterocycles. The van der Waals surface area contributed by atoms with E-state index in [4.69, 9.17) is 8.83 Å². The summed E-state index contributed by atoms with van der Waals surface area (Å²) in [5.74, 6) is 0.995. The summed E-state index contributed by atoms with van der Waals surface area (Å²) in [4.78, 5) is 19.2. The van der Waals surface area contributed by atoms with Gasteiger partial charge >= 0.3 is 0 Å². The summed E-state index contributed by atoms with van der Waals surface area (Å²) in [6, 6.07) is 10.1. The van der Waals surface area contributed by atoms with E-state index in [1.165, 1.54) is 6.07 Å². The van der Waals surface area contributed by atoms with Crippen molar-refractivity contribution in [2.75, 3.05) is 19.6 Å². The molecule has 1 atom stereocenters. The Morgan fingerprint density at radius 2 is 2.03 bits per heavy atom. The van der Waals surface area contributed by atoms with Gasteiger partial charge in [-0.1, -0.05) is 12.1 Å². The van der Waals surface area contributed by atoms with E-state index in [1.807, 2.05) is 12.1 Å². The Kier molecular flexibility index (Phi) is 5.76. The number of halogens is 1. The maximum Gasteiger partial charge on any atom is 0.229 e. The highest BCUT2D eigenvalue weighted by molar-refractivity contribution is 5.78. The first-order chi connectivity index (χ1) is 14.1. The van der Waals surface area contributed by atoms with Gasteiger partial charge in [0.1, 0.15) is 17.3 Å². The smallest absolute Gasteiger partial charge is 0.229 e. The van der Waals surface area contributed by atoms with Crippen LogP contribution in [0.15, 0.2) is 51.5 Å². The van der Waals surface area contributed by atoms with Gasteiger partial charge in [0.2, 0.25) is 11.8 Å². The molecule has 1 aromatic carbocycles. The molecular weight excluding hydrogens is 373 g/mol. The van der Waals surface area contributed by atoms with Gasteiger partial charge in [-0.25, -0.2) is 9.37 Å². The highest BCUT2D eigenvalue weighted by Crippen LogP contribution is 2.26. The molecule has 3 heterocycles. The number of carbonyl (C=O) groups is 1. The van der Waals surface area contributed by atoms with Crippen molar-refractivity contribution in [2.45, 2.75) is 32.2 Å². The second-order valence-corrected chi connectivity index (χ2v) is 7.26. The van der Waals surface area contributed by atoms with Crippen molar-refractivity contribution in [3.63, 3.8) is 0 Å². The van der Waals surface area contributed by atoms with E-state index in [-0.39, 0.29) is 29.8 Å². The van der Waals surface area contributed by atoms with Gasteiger partial charge in [0.05, 0.1) is 30.0 Å². The number of nitrogens with one attached hydrogen (secondary N) is 1. The van der Waals surface area contributed by atoms with E-state index < -0.39 is 5.82 Å². The van der Waals surface area contributed by atoms with Gasteiger partial charge in [-0.3, -0.25) is 9.69 Å². The first-order valence-electron chi connectivity index (χ1n) is 9.87. The third kappa shape index (κ3) is 4.40. The van der Waals surface area contributed by atoms with Crippen LogP contribution in [-0.2, 0) is 11.2 Å². The molecule has 6 nitrogen and oxygen atoms in total. The number of furan rings is 1. The minimum Gasteiger partial charge on any atom is -0.468 e. The lowest BCUT2D eigenvalue weighted by atomic mass is 10.2. The molecule has 1 fully saturated rings. The zero-order valence-corrected chi connectivity index (χ0v) is 16.4. The van der Waals surface area contributed by atoms with Crippen LogP contribution in [0.3, 0.4) is 0 Å². The van der Waals surface area contributed by atoms with E-state index in [0.717, 1.165) is 31.7 Å². The number of likely N-dealkylation sites (tertiary alicyclic amines) is 1. The summed E-state index contributed by atoms with van der Waals surface area (Å²) < 4.78 is 25.2. The molecule has 7 heteroatoms. The number of oxazole rings is 1. The standard InChI is InChI=1S/C22H24FN3O3/c1-15-18(25-22(29-15)16-7-2-3-8-17(16)23)13-21(27)24-14-19(20-9-6-12-28-20)26-10-4-5-11-26/h2-3,6-9,12,19H,4-5,10-11,13-14H2,1H3,(H,24,27). The minimum atomic E-state index is -0.406. The number of amides is 1. The van der Waals surface area contributed by atoms with Crippen molar-refractivity contribution in [3.05, 3.63) is 65.7 Å². The molecule has 29 heavy (non-hydrogen) atoms. The second kappa shape index (κ2) is 8.61. The second-order valence-electron chi connectivity index (χ2n) is 7.26. The van der Waals surface area contributed by atoms with E-state index >= 15 is 0 Å². The largest absolute Gasteiger partial charge is 0.468 e. The molecule has 0 aliphatic carbocycles. The molecule has 1 aliphatic heterocycles. The predicted octanol–water partition coefficient (Wildman–Crippen LogP) is 3.88. The third-order valence-electron chi connectivity index (χ3n) is 5.27. The Balaban J connectivity index is 1.41. The number of hydrogen-bond donors (Lipinski definition) is 1. The number of aryl methyl sites for hydroxylation is 1. The molecule has 1 N–H and O–H groups in total. The molecule has 1 unspecified atom stereocenters. The van der Waals surface area contributed by atoms with Crippen LogP contribution < -0.4 is 5.32 Å². The van der Waals surface area contributed by atoms with Gasteiger partial charge in [-0.2, -0.15) is 0 Å². The van der Waals surface area contributed by atoms with Gasteiger partial charge < -0.3 is 14.2 Å². The van der Waals surface area contributed by atoms with Gasteiger partial charge in [0, 0.05) is 6.54 Å². The van der Waals surface area contributed by atoms with Gasteiger partial charge in [-0.15, -0.1) is 0 Å². The number of aromatic nitrogens is 1. The molecule has 0 bridgehead atoms. The Bertz CT molecular complexity index is 962. The molecule has 0 radical (unpaired) electrons. The molecule has 1 saturated heterocycles. The number of benzene rings is 1. The van der Waals surface area contributed by atoms with E-state index in [9.17, 15) is 9.18 Å². The average Bonchev–Trinajstić information content (AvgIpc) is 3.46. The third-order valence-corrected chi connectivity index (χ3v) is 5.27. The molecule has 4 rings (SSSR count). The summed E-state index contributed by atoms with van der Waals surface area (Å²) in [5.41, 5.74) is 0.797. The fraction of sp³-hybridized carbons (Fsp3) is 0.364. The molecule has 152 valence electrons. The topological polar surface area (TPSA) is 71.5 Å². The van der Waals surface area contributed by atoms with Crippen LogP contribution in [0, 0.1) is 12.7 Å². The van der Waals surface area contributed by atoms with Gasteiger partial charge in [0.15, 0.2) is 0 Å². The lowest BCUT2D eigenvalue weighted by Gasteiger charge is -2.25. The normalized spacial score (nSPS) is 15.5. The van der Waals surface area contributed by atoms with E-state index in [2.05, 4.69) is 15.2 Å². The van der Waals surface area contributed by atoms with Crippen LogP contribution in [0.1, 0.15) is 36.1 Å². The monoisotopic (exact) mass is 397 g/mol. The number of rotatable bonds is 7. The maximum absolute atomic E-state index is 14.0. The van der Waals surface area contributed by atoms with E-state index in [0.29, 0.717) is 18.0 Å². The fourth-order valence-electron chi connectivity index (χ4n) is 3.71. The molecule has 0 saturated carbocycles. The summed E-state index contributed by atoms with van der Waals surface area (Å²) >= 11 is 0. The maximum atomic E-state index is 14.0. The van der Waals surface area contributed by atoms with Crippen LogP contribution in [0.5, 0.6) is 0 Å². The average molecular weight is 397 g/mol. The lowest BCUT2D eigenvalue weighted by molar-refractivity contribution is -0.120. The Labute approximate surface area is 168 Å². The van der Waals surface area contributed by atoms with Crippen molar-refractivity contribution in [1.82, 2.24) is 15.2 Å². The zero-order valence-electron chi connectivity index (χ0n) is 16.4. The van der Waals surface area contributed by atoms with Crippen molar-refractivity contribution < 1.29 is 18.0 Å². The number of carbonyl (C=O) groups excluding carboxylic acids is 1. The van der Waals surface area contributed by atoms with Crippen molar-refractivity contribution >= 4 is 5.91 Å². The van der Waals surface area contributed by atoms with Crippen molar-refractivity contribution in [3.8, 4) is 11.5 Å². The van der Waals surface area contributed by atoms with Crippen LogP contribution in [0.2, 0.25) is 0 Å². The molecule has 1 aliphatic rings. The molecule has 1 amide bonds. The van der Waals surface area contributed by atoms with Gasteiger partial charge in [-0.05, 0) is 57.1 Å². The fourth-order valence-corrected chi connectivity index (χ4v) is 3.71. The Morgan fingerprint density at radius 1 is 1.24 bits per heavy atom. The van der Waals surface area contributed by atoms with Crippen molar-refractivity contribution in [1.29, 1.82) is 0 Å². The highest BCUT2D eigenvalue weighted by atomic mass is 19.1. The van der Waals surface area contributed by atoms with Crippen molar-refractivity contribution in [2.24, 2.45) is 0 Å². The lowest BCUT2D eigenvalue weighted by Crippen LogP contribution is -2.37. The SMILES string of the molecule is Cc1oc(-c2ccccc2F)nc1CC(=O)NCC(c1ccco1)N1CCCC1.